The molecule has 1 aromatic heterocycles. The maximum atomic E-state index is 4.48. The molecule has 0 fully saturated rings. The Morgan fingerprint density at radius 3 is 2.40 bits per heavy atom. The average Bonchev–Trinajstić information content (AvgIpc) is 2.42. The highest BCUT2D eigenvalue weighted by Gasteiger charge is 2.09. The zero-order chi connectivity index (χ0) is 14.9. The zero-order valence-corrected chi connectivity index (χ0v) is 14.4. The van der Waals surface area contributed by atoms with Gasteiger partial charge in [-0.05, 0) is 77.5 Å². The van der Waals surface area contributed by atoms with Gasteiger partial charge in [0.2, 0.25) is 0 Å². The van der Waals surface area contributed by atoms with Crippen LogP contribution in [0.5, 0.6) is 0 Å². The van der Waals surface area contributed by atoms with Crippen molar-refractivity contribution in [2.45, 2.75) is 34.2 Å². The third kappa shape index (κ3) is 3.04. The van der Waals surface area contributed by atoms with E-state index in [9.17, 15) is 0 Å². The van der Waals surface area contributed by atoms with E-state index >= 15 is 0 Å². The Balaban J connectivity index is 2.25. The molecule has 3 heteroatoms. The largest absolute Gasteiger partial charge is 0.355 e. The number of hydrogen-bond donors (Lipinski definition) is 0. The molecule has 0 bridgehead atoms. The SMILES string of the molecule is Cc1cc(N(C)Cc2ccc(C)c(C)c2C)ncc1Br. The van der Waals surface area contributed by atoms with Gasteiger partial charge in [0.1, 0.15) is 5.82 Å². The summed E-state index contributed by atoms with van der Waals surface area (Å²) in [6.45, 7) is 9.52. The summed E-state index contributed by atoms with van der Waals surface area (Å²) in [4.78, 5) is 6.67. The minimum atomic E-state index is 0.876. The average molecular weight is 333 g/mol. The lowest BCUT2D eigenvalue weighted by Crippen LogP contribution is -2.18. The number of hydrogen-bond acceptors (Lipinski definition) is 2. The van der Waals surface area contributed by atoms with Crippen molar-refractivity contribution in [3.05, 3.63) is 56.7 Å². The first-order valence-electron chi connectivity index (χ1n) is 6.79. The van der Waals surface area contributed by atoms with Crippen molar-refractivity contribution in [2.75, 3.05) is 11.9 Å². The first kappa shape index (κ1) is 15.0. The van der Waals surface area contributed by atoms with E-state index in [1.54, 1.807) is 0 Å². The minimum Gasteiger partial charge on any atom is -0.355 e. The molecule has 106 valence electrons. The van der Waals surface area contributed by atoms with E-state index < -0.39 is 0 Å². The molecule has 0 saturated carbocycles. The van der Waals surface area contributed by atoms with Crippen LogP contribution in [-0.2, 0) is 6.54 Å². The van der Waals surface area contributed by atoms with Gasteiger partial charge in [-0.2, -0.15) is 0 Å². The molecule has 0 saturated heterocycles. The number of anilines is 1. The van der Waals surface area contributed by atoms with E-state index in [0.29, 0.717) is 0 Å². The van der Waals surface area contributed by atoms with Crippen LogP contribution in [0.1, 0.15) is 27.8 Å². The summed E-state index contributed by atoms with van der Waals surface area (Å²) in [7, 11) is 2.09. The Kier molecular flexibility index (Phi) is 4.48. The van der Waals surface area contributed by atoms with Crippen molar-refractivity contribution < 1.29 is 0 Å². The Bertz CT molecular complexity index is 635. The van der Waals surface area contributed by atoms with Gasteiger partial charge >= 0.3 is 0 Å². The van der Waals surface area contributed by atoms with Crippen molar-refractivity contribution in [2.24, 2.45) is 0 Å². The van der Waals surface area contributed by atoms with Gasteiger partial charge < -0.3 is 4.90 Å². The summed E-state index contributed by atoms with van der Waals surface area (Å²) in [6, 6.07) is 6.53. The summed E-state index contributed by atoms with van der Waals surface area (Å²) < 4.78 is 1.05. The van der Waals surface area contributed by atoms with Crippen molar-refractivity contribution in [1.29, 1.82) is 0 Å². The molecule has 20 heavy (non-hydrogen) atoms. The third-order valence-electron chi connectivity index (χ3n) is 4.00. The van der Waals surface area contributed by atoms with E-state index in [-0.39, 0.29) is 0 Å². The molecule has 0 spiro atoms. The number of halogens is 1. The van der Waals surface area contributed by atoms with Crippen molar-refractivity contribution in [1.82, 2.24) is 4.98 Å². The van der Waals surface area contributed by atoms with Gasteiger partial charge in [-0.1, -0.05) is 12.1 Å². The molecular formula is C17H21BrN2. The molecule has 0 atom stereocenters. The lowest BCUT2D eigenvalue weighted by atomic mass is 9.98. The highest BCUT2D eigenvalue weighted by Crippen LogP contribution is 2.23. The van der Waals surface area contributed by atoms with Crippen molar-refractivity contribution in [3.63, 3.8) is 0 Å². The molecule has 1 aromatic carbocycles. The summed E-state index contributed by atoms with van der Waals surface area (Å²) in [6.07, 6.45) is 1.87. The maximum Gasteiger partial charge on any atom is 0.128 e. The van der Waals surface area contributed by atoms with Crippen molar-refractivity contribution in [3.8, 4) is 0 Å². The Morgan fingerprint density at radius 2 is 1.75 bits per heavy atom. The number of pyridine rings is 1. The number of aryl methyl sites for hydroxylation is 2. The fraction of sp³-hybridized carbons (Fsp3) is 0.353. The van der Waals surface area contributed by atoms with Crippen LogP contribution in [-0.4, -0.2) is 12.0 Å². The second-order valence-electron chi connectivity index (χ2n) is 5.44. The number of rotatable bonds is 3. The normalized spacial score (nSPS) is 10.7. The van der Waals surface area contributed by atoms with Gasteiger partial charge in [0.25, 0.3) is 0 Å². The number of aromatic nitrogens is 1. The fourth-order valence-corrected chi connectivity index (χ4v) is 2.47. The van der Waals surface area contributed by atoms with E-state index in [1.165, 1.54) is 27.8 Å². The second kappa shape index (κ2) is 5.96. The first-order chi connectivity index (χ1) is 9.40. The topological polar surface area (TPSA) is 16.1 Å². The predicted molar refractivity (Wildman–Crippen MR) is 89.4 cm³/mol. The zero-order valence-electron chi connectivity index (χ0n) is 12.8. The van der Waals surface area contributed by atoms with Gasteiger partial charge in [0.05, 0.1) is 0 Å². The molecule has 0 N–H and O–H groups in total. The van der Waals surface area contributed by atoms with Crippen LogP contribution in [0.15, 0.2) is 28.9 Å². The molecule has 1 heterocycles. The molecule has 0 unspecified atom stereocenters. The number of benzene rings is 1. The van der Waals surface area contributed by atoms with Gasteiger partial charge in [-0.3, -0.25) is 0 Å². The second-order valence-corrected chi connectivity index (χ2v) is 6.29. The van der Waals surface area contributed by atoms with Crippen molar-refractivity contribution >= 4 is 21.7 Å². The molecule has 2 aromatic rings. The van der Waals surface area contributed by atoms with Crippen LogP contribution >= 0.6 is 15.9 Å². The minimum absolute atomic E-state index is 0.876. The van der Waals surface area contributed by atoms with Gasteiger partial charge in [-0.15, -0.1) is 0 Å². The highest BCUT2D eigenvalue weighted by atomic mass is 79.9. The number of nitrogens with zero attached hydrogens (tertiary/aromatic N) is 2. The summed E-state index contributed by atoms with van der Waals surface area (Å²) in [5, 5.41) is 0. The quantitative estimate of drug-likeness (QED) is 0.808. The monoisotopic (exact) mass is 332 g/mol. The molecule has 0 aliphatic heterocycles. The van der Waals surface area contributed by atoms with Crippen LogP contribution in [0.25, 0.3) is 0 Å². The van der Waals surface area contributed by atoms with E-state index in [0.717, 1.165) is 16.8 Å². The molecule has 2 rings (SSSR count). The fourth-order valence-electron chi connectivity index (χ4n) is 2.25. The van der Waals surface area contributed by atoms with Gasteiger partial charge in [0.15, 0.2) is 0 Å². The lowest BCUT2D eigenvalue weighted by molar-refractivity contribution is 0.885. The van der Waals surface area contributed by atoms with Crippen LogP contribution < -0.4 is 4.90 Å². The smallest absolute Gasteiger partial charge is 0.128 e. The Labute approximate surface area is 130 Å². The Hall–Kier alpha value is -1.35. The summed E-state index contributed by atoms with van der Waals surface area (Å²) in [5.74, 6) is 1.00. The lowest BCUT2D eigenvalue weighted by Gasteiger charge is -2.21. The Morgan fingerprint density at radius 1 is 1.05 bits per heavy atom. The first-order valence-corrected chi connectivity index (χ1v) is 7.58. The highest BCUT2D eigenvalue weighted by molar-refractivity contribution is 9.10. The van der Waals surface area contributed by atoms with Gasteiger partial charge in [0, 0.05) is 24.3 Å². The van der Waals surface area contributed by atoms with Crippen LogP contribution in [0, 0.1) is 27.7 Å². The summed E-state index contributed by atoms with van der Waals surface area (Å²) >= 11 is 3.49. The van der Waals surface area contributed by atoms with Crippen LogP contribution in [0.3, 0.4) is 0 Å². The van der Waals surface area contributed by atoms with E-state index in [4.69, 9.17) is 0 Å². The molecule has 0 aliphatic carbocycles. The van der Waals surface area contributed by atoms with Crippen LogP contribution in [0.4, 0.5) is 5.82 Å². The molecule has 2 nitrogen and oxygen atoms in total. The van der Waals surface area contributed by atoms with Gasteiger partial charge in [-0.25, -0.2) is 4.98 Å². The van der Waals surface area contributed by atoms with Crippen LogP contribution in [0.2, 0.25) is 0 Å². The molecule has 0 amide bonds. The predicted octanol–water partition coefficient (Wildman–Crippen LogP) is 4.71. The standard InChI is InChI=1S/C17H21BrN2/c1-11-6-7-15(14(4)13(11)3)10-20(5)17-8-12(2)16(18)9-19-17/h6-9H,10H2,1-5H3. The summed E-state index contributed by atoms with van der Waals surface area (Å²) in [5.41, 5.74) is 6.68. The molecule has 0 radical (unpaired) electrons. The van der Waals surface area contributed by atoms with E-state index in [2.05, 4.69) is 78.8 Å². The molecule has 0 aliphatic rings. The maximum absolute atomic E-state index is 4.48. The third-order valence-corrected chi connectivity index (χ3v) is 4.83. The molecular weight excluding hydrogens is 312 g/mol. The van der Waals surface area contributed by atoms with E-state index in [1.807, 2.05) is 6.20 Å².